The summed E-state index contributed by atoms with van der Waals surface area (Å²) in [6.45, 7) is 1.38. The highest BCUT2D eigenvalue weighted by Crippen LogP contribution is 2.47. The first kappa shape index (κ1) is 21.6. The van der Waals surface area contributed by atoms with Crippen molar-refractivity contribution in [2.24, 2.45) is 5.92 Å². The van der Waals surface area contributed by atoms with Gasteiger partial charge < -0.3 is 25.0 Å². The number of nitrogens with one attached hydrogen (secondary N) is 2. The largest absolute Gasteiger partial charge is 0.448 e. The van der Waals surface area contributed by atoms with Crippen molar-refractivity contribution < 1.29 is 23.5 Å². The van der Waals surface area contributed by atoms with Gasteiger partial charge in [-0.2, -0.15) is 0 Å². The Morgan fingerprint density at radius 1 is 1.00 bits per heavy atom. The molecule has 3 aliphatic rings. The maximum Gasteiger partial charge on any atom is 0.321 e. The highest BCUT2D eigenvalue weighted by atomic mass is 19.1. The zero-order valence-electron chi connectivity index (χ0n) is 18.4. The second-order valence-corrected chi connectivity index (χ2v) is 9.02. The van der Waals surface area contributed by atoms with E-state index in [1.807, 2.05) is 18.2 Å². The average Bonchev–Trinajstić information content (AvgIpc) is 3.43. The molecule has 1 aliphatic carbocycles. The van der Waals surface area contributed by atoms with E-state index < -0.39 is 5.79 Å². The van der Waals surface area contributed by atoms with Crippen LogP contribution >= 0.6 is 0 Å². The van der Waals surface area contributed by atoms with Crippen LogP contribution in [0.2, 0.25) is 0 Å². The second kappa shape index (κ2) is 8.92. The Morgan fingerprint density at radius 3 is 2.42 bits per heavy atom. The van der Waals surface area contributed by atoms with E-state index in [-0.39, 0.29) is 23.7 Å². The summed E-state index contributed by atoms with van der Waals surface area (Å²) in [5.41, 5.74) is 1.51. The summed E-state index contributed by atoms with van der Waals surface area (Å²) in [7, 11) is 0. The normalized spacial score (nSPS) is 19.0. The first-order valence-corrected chi connectivity index (χ1v) is 11.6. The van der Waals surface area contributed by atoms with Crippen LogP contribution in [0.25, 0.3) is 0 Å². The molecule has 1 spiro atoms. The number of hydrogen-bond acceptors (Lipinski definition) is 4. The fourth-order valence-corrected chi connectivity index (χ4v) is 4.77. The van der Waals surface area contributed by atoms with Crippen LogP contribution in [-0.4, -0.2) is 35.7 Å². The molecule has 7 nitrogen and oxygen atoms in total. The van der Waals surface area contributed by atoms with E-state index in [0.29, 0.717) is 43.9 Å². The Morgan fingerprint density at radius 2 is 1.70 bits per heavy atom. The lowest BCUT2D eigenvalue weighted by atomic mass is 9.96. The first-order valence-electron chi connectivity index (χ1n) is 11.6. The number of hydrogen-bond donors (Lipinski definition) is 2. The van der Waals surface area contributed by atoms with Gasteiger partial charge in [0.1, 0.15) is 5.82 Å². The van der Waals surface area contributed by atoms with E-state index in [9.17, 15) is 14.0 Å². The molecule has 3 amide bonds. The van der Waals surface area contributed by atoms with Crippen LogP contribution in [0, 0.1) is 11.7 Å². The lowest BCUT2D eigenvalue weighted by molar-refractivity contribution is -0.126. The van der Waals surface area contributed by atoms with Crippen molar-refractivity contribution in [3.63, 3.8) is 0 Å². The number of likely N-dealkylation sites (tertiary alicyclic amines) is 1. The smallest absolute Gasteiger partial charge is 0.321 e. The average molecular weight is 454 g/mol. The predicted molar refractivity (Wildman–Crippen MR) is 120 cm³/mol. The Labute approximate surface area is 192 Å². The molecule has 5 rings (SSSR count). The van der Waals surface area contributed by atoms with Crippen LogP contribution in [0.5, 0.6) is 11.5 Å². The first-order chi connectivity index (χ1) is 16.0. The molecule has 0 atom stereocenters. The third-order valence-corrected chi connectivity index (χ3v) is 6.69. The fourth-order valence-electron chi connectivity index (χ4n) is 4.77. The van der Waals surface area contributed by atoms with Crippen LogP contribution in [0.4, 0.5) is 14.9 Å². The quantitative estimate of drug-likeness (QED) is 0.718. The lowest BCUT2D eigenvalue weighted by Crippen LogP contribution is -2.44. The third kappa shape index (κ3) is 4.74. The van der Waals surface area contributed by atoms with Crippen molar-refractivity contribution in [1.82, 2.24) is 10.2 Å². The molecule has 2 aromatic carbocycles. The van der Waals surface area contributed by atoms with Crippen LogP contribution in [0.15, 0.2) is 42.5 Å². The number of carbonyl (C=O) groups is 2. The molecule has 2 heterocycles. The van der Waals surface area contributed by atoms with Gasteiger partial charge in [-0.15, -0.1) is 0 Å². The van der Waals surface area contributed by atoms with Crippen LogP contribution in [0.1, 0.15) is 44.1 Å². The number of fused-ring (bicyclic) bond motifs is 1. The number of anilines is 1. The van der Waals surface area contributed by atoms with Gasteiger partial charge in [-0.1, -0.05) is 12.1 Å². The number of piperidine rings is 1. The summed E-state index contributed by atoms with van der Waals surface area (Å²) >= 11 is 0. The molecule has 1 saturated carbocycles. The summed E-state index contributed by atoms with van der Waals surface area (Å²) in [6.07, 6.45) is 5.17. The van der Waals surface area contributed by atoms with E-state index in [1.165, 1.54) is 12.1 Å². The number of carbonyl (C=O) groups excluding carboxylic acids is 2. The standard InChI is InChI=1S/C25H28FN3O4/c26-19-5-3-17(4-6-19)16-27-23(30)18-9-13-29(14-10-18)24(31)28-20-7-8-21-22(15-20)33-25(32-21)11-1-2-12-25/h3-8,15,18H,1-2,9-14,16H2,(H,27,30)(H,28,31). The van der Waals surface area contributed by atoms with Gasteiger partial charge >= 0.3 is 6.03 Å². The predicted octanol–water partition coefficient (Wildman–Crippen LogP) is 4.43. The molecule has 8 heteroatoms. The number of rotatable bonds is 4. The molecular formula is C25H28FN3O4. The van der Waals surface area contributed by atoms with Crippen molar-refractivity contribution in [1.29, 1.82) is 0 Å². The molecule has 1 saturated heterocycles. The van der Waals surface area contributed by atoms with Crippen molar-refractivity contribution in [3.8, 4) is 11.5 Å². The fraction of sp³-hybridized carbons (Fsp3) is 0.440. The molecule has 2 aromatic rings. The van der Waals surface area contributed by atoms with Crippen LogP contribution < -0.4 is 20.1 Å². The highest BCUT2D eigenvalue weighted by molar-refractivity contribution is 5.90. The maximum absolute atomic E-state index is 13.0. The minimum absolute atomic E-state index is 0.0315. The third-order valence-electron chi connectivity index (χ3n) is 6.69. The zero-order chi connectivity index (χ0) is 22.8. The van der Waals surface area contributed by atoms with Crippen molar-refractivity contribution >= 4 is 17.6 Å². The topological polar surface area (TPSA) is 79.9 Å². The molecular weight excluding hydrogens is 425 g/mol. The summed E-state index contributed by atoms with van der Waals surface area (Å²) in [5.74, 6) is 0.408. The summed E-state index contributed by atoms with van der Waals surface area (Å²) in [6, 6.07) is 11.4. The Bertz CT molecular complexity index is 1030. The van der Waals surface area contributed by atoms with Gasteiger partial charge in [0.15, 0.2) is 11.5 Å². The summed E-state index contributed by atoms with van der Waals surface area (Å²) in [5, 5.41) is 5.85. The second-order valence-electron chi connectivity index (χ2n) is 9.02. The highest BCUT2D eigenvalue weighted by Gasteiger charge is 2.44. The Kier molecular flexibility index (Phi) is 5.83. The van der Waals surface area contributed by atoms with E-state index in [2.05, 4.69) is 10.6 Å². The molecule has 33 heavy (non-hydrogen) atoms. The molecule has 0 radical (unpaired) electrons. The number of urea groups is 1. The molecule has 0 bridgehead atoms. The molecule has 0 aromatic heterocycles. The molecule has 0 unspecified atom stereocenters. The number of halogens is 1. The van der Waals surface area contributed by atoms with E-state index in [4.69, 9.17) is 9.47 Å². The Balaban J connectivity index is 1.09. The van der Waals surface area contributed by atoms with Gasteiger partial charge in [-0.3, -0.25) is 4.79 Å². The molecule has 2 aliphatic heterocycles. The monoisotopic (exact) mass is 453 g/mol. The summed E-state index contributed by atoms with van der Waals surface area (Å²) < 4.78 is 25.1. The number of ether oxygens (including phenoxy) is 2. The number of nitrogens with zero attached hydrogens (tertiary/aromatic N) is 1. The van der Waals surface area contributed by atoms with Crippen LogP contribution in [0.3, 0.4) is 0 Å². The van der Waals surface area contributed by atoms with Crippen LogP contribution in [-0.2, 0) is 11.3 Å². The van der Waals surface area contributed by atoms with Crippen molar-refractivity contribution in [2.75, 3.05) is 18.4 Å². The molecule has 2 fully saturated rings. The van der Waals surface area contributed by atoms with Gasteiger partial charge in [-0.25, -0.2) is 9.18 Å². The van der Waals surface area contributed by atoms with Crippen molar-refractivity contribution in [2.45, 2.75) is 50.9 Å². The van der Waals surface area contributed by atoms with Crippen molar-refractivity contribution in [3.05, 3.63) is 53.8 Å². The minimum Gasteiger partial charge on any atom is -0.448 e. The number of amides is 3. The lowest BCUT2D eigenvalue weighted by Gasteiger charge is -2.31. The van der Waals surface area contributed by atoms with Gasteiger partial charge in [0.2, 0.25) is 5.91 Å². The van der Waals surface area contributed by atoms with Gasteiger partial charge in [0, 0.05) is 50.1 Å². The van der Waals surface area contributed by atoms with E-state index >= 15 is 0 Å². The SMILES string of the molecule is O=C(NCc1ccc(F)cc1)C1CCN(C(=O)Nc2ccc3c(c2)OC2(CCCC2)O3)CC1. The molecule has 2 N–H and O–H groups in total. The summed E-state index contributed by atoms with van der Waals surface area (Å²) in [4.78, 5) is 27.0. The maximum atomic E-state index is 13.0. The van der Waals surface area contributed by atoms with E-state index in [0.717, 1.165) is 37.0 Å². The van der Waals surface area contributed by atoms with E-state index in [1.54, 1.807) is 17.0 Å². The molecule has 174 valence electrons. The van der Waals surface area contributed by atoms with Gasteiger partial charge in [0.25, 0.3) is 5.79 Å². The zero-order valence-corrected chi connectivity index (χ0v) is 18.4. The minimum atomic E-state index is -0.524. The Hall–Kier alpha value is -3.29. The number of benzene rings is 2. The van der Waals surface area contributed by atoms with Gasteiger partial charge in [-0.05, 0) is 55.5 Å². The van der Waals surface area contributed by atoms with Gasteiger partial charge in [0.05, 0.1) is 0 Å².